The van der Waals surface area contributed by atoms with Gasteiger partial charge in [-0.1, -0.05) is 0 Å². The standard InChI is InChI=1S/C17H24N2O3.ClH/c1-13-12-18-10-11-19(13)17(21)5-3-4-16(20)14-6-8-15(22-2)9-7-14;/h6-9,13,18H,3-5,10-12H2,1-2H3;1H. The van der Waals surface area contributed by atoms with Crippen LogP contribution in [0.1, 0.15) is 36.5 Å². The van der Waals surface area contributed by atoms with Gasteiger partial charge in [-0.05, 0) is 37.6 Å². The first kappa shape index (κ1) is 19.5. The van der Waals surface area contributed by atoms with Crippen molar-refractivity contribution < 1.29 is 14.3 Å². The average molecular weight is 341 g/mol. The molecule has 0 radical (unpaired) electrons. The highest BCUT2D eigenvalue weighted by molar-refractivity contribution is 5.96. The normalized spacial score (nSPS) is 17.3. The van der Waals surface area contributed by atoms with E-state index in [9.17, 15) is 9.59 Å². The number of amides is 1. The summed E-state index contributed by atoms with van der Waals surface area (Å²) in [5, 5.41) is 3.27. The third kappa shape index (κ3) is 5.52. The van der Waals surface area contributed by atoms with Crippen LogP contribution in [0.4, 0.5) is 0 Å². The van der Waals surface area contributed by atoms with E-state index < -0.39 is 0 Å². The number of ether oxygens (including phenoxy) is 1. The molecule has 0 saturated carbocycles. The second kappa shape index (κ2) is 9.53. The van der Waals surface area contributed by atoms with E-state index in [2.05, 4.69) is 5.32 Å². The minimum absolute atomic E-state index is 0. The fourth-order valence-electron chi connectivity index (χ4n) is 2.68. The largest absolute Gasteiger partial charge is 0.497 e. The molecule has 2 rings (SSSR count). The lowest BCUT2D eigenvalue weighted by atomic mass is 10.0. The summed E-state index contributed by atoms with van der Waals surface area (Å²) >= 11 is 0. The van der Waals surface area contributed by atoms with Crippen LogP contribution in [0.3, 0.4) is 0 Å². The highest BCUT2D eigenvalue weighted by Gasteiger charge is 2.22. The highest BCUT2D eigenvalue weighted by atomic mass is 35.5. The topological polar surface area (TPSA) is 58.6 Å². The highest BCUT2D eigenvalue weighted by Crippen LogP contribution is 2.14. The maximum absolute atomic E-state index is 12.2. The number of rotatable bonds is 6. The van der Waals surface area contributed by atoms with E-state index in [1.807, 2.05) is 11.8 Å². The molecule has 1 aromatic rings. The Labute approximate surface area is 143 Å². The molecule has 5 nitrogen and oxygen atoms in total. The zero-order chi connectivity index (χ0) is 15.9. The van der Waals surface area contributed by atoms with Gasteiger partial charge in [0.15, 0.2) is 5.78 Å². The number of hydrogen-bond donors (Lipinski definition) is 1. The molecule has 128 valence electrons. The number of piperazine rings is 1. The van der Waals surface area contributed by atoms with Gasteiger partial charge in [0, 0.05) is 44.1 Å². The number of methoxy groups -OCH3 is 1. The summed E-state index contributed by atoms with van der Waals surface area (Å²) in [6.07, 6.45) is 1.44. The van der Waals surface area contributed by atoms with Crippen LogP contribution in [-0.4, -0.2) is 49.4 Å². The van der Waals surface area contributed by atoms with Gasteiger partial charge in [-0.2, -0.15) is 0 Å². The van der Waals surface area contributed by atoms with Crippen molar-refractivity contribution in [1.82, 2.24) is 10.2 Å². The first-order chi connectivity index (χ1) is 10.6. The minimum atomic E-state index is 0. The van der Waals surface area contributed by atoms with Crippen molar-refractivity contribution in [2.75, 3.05) is 26.7 Å². The molecule has 0 spiro atoms. The molecular formula is C17H25ClN2O3. The molecule has 1 saturated heterocycles. The van der Waals surface area contributed by atoms with Crippen molar-refractivity contribution in [2.45, 2.75) is 32.2 Å². The van der Waals surface area contributed by atoms with E-state index in [4.69, 9.17) is 4.74 Å². The van der Waals surface area contributed by atoms with E-state index in [0.29, 0.717) is 24.8 Å². The summed E-state index contributed by atoms with van der Waals surface area (Å²) in [5.74, 6) is 0.958. The fourth-order valence-corrected chi connectivity index (χ4v) is 2.68. The van der Waals surface area contributed by atoms with Gasteiger partial charge >= 0.3 is 0 Å². The number of carbonyl (C=O) groups is 2. The number of Topliss-reactive ketones (excluding diaryl/α,β-unsaturated/α-hetero) is 1. The summed E-state index contributed by atoms with van der Waals surface area (Å²) in [7, 11) is 1.60. The fraction of sp³-hybridized carbons (Fsp3) is 0.529. The van der Waals surface area contributed by atoms with Gasteiger partial charge in [0.05, 0.1) is 7.11 Å². The predicted octanol–water partition coefficient (Wildman–Crippen LogP) is 2.29. The average Bonchev–Trinajstić information content (AvgIpc) is 2.55. The molecule has 1 heterocycles. The van der Waals surface area contributed by atoms with E-state index in [1.165, 1.54) is 0 Å². The van der Waals surface area contributed by atoms with Gasteiger partial charge in [-0.25, -0.2) is 0 Å². The molecule has 1 aromatic carbocycles. The predicted molar refractivity (Wildman–Crippen MR) is 92.5 cm³/mol. The van der Waals surface area contributed by atoms with Gasteiger partial charge < -0.3 is 15.0 Å². The van der Waals surface area contributed by atoms with Crippen molar-refractivity contribution in [1.29, 1.82) is 0 Å². The number of carbonyl (C=O) groups excluding carboxylic acids is 2. The summed E-state index contributed by atoms with van der Waals surface area (Å²) in [4.78, 5) is 26.2. The zero-order valence-corrected chi connectivity index (χ0v) is 14.5. The summed E-state index contributed by atoms with van der Waals surface area (Å²) in [5.41, 5.74) is 0.670. The van der Waals surface area contributed by atoms with Crippen molar-refractivity contribution >= 4 is 24.1 Å². The number of ketones is 1. The third-order valence-corrected chi connectivity index (χ3v) is 4.03. The Kier molecular flexibility index (Phi) is 8.06. The first-order valence-corrected chi connectivity index (χ1v) is 7.79. The number of hydrogen-bond acceptors (Lipinski definition) is 4. The monoisotopic (exact) mass is 340 g/mol. The summed E-state index contributed by atoms with van der Waals surface area (Å²) in [6, 6.07) is 7.32. The Morgan fingerprint density at radius 3 is 2.57 bits per heavy atom. The van der Waals surface area contributed by atoms with Crippen LogP contribution in [0.2, 0.25) is 0 Å². The molecule has 1 aliphatic rings. The molecule has 0 aromatic heterocycles. The van der Waals surface area contributed by atoms with Crippen molar-refractivity contribution in [3.8, 4) is 5.75 Å². The molecule has 1 amide bonds. The lowest BCUT2D eigenvalue weighted by Gasteiger charge is -2.34. The van der Waals surface area contributed by atoms with Crippen LogP contribution < -0.4 is 10.1 Å². The summed E-state index contributed by atoms with van der Waals surface area (Å²) in [6.45, 7) is 4.50. The Hall–Kier alpha value is -1.59. The number of benzene rings is 1. The van der Waals surface area contributed by atoms with Gasteiger partial charge in [-0.3, -0.25) is 9.59 Å². The minimum Gasteiger partial charge on any atom is -0.497 e. The zero-order valence-electron chi connectivity index (χ0n) is 13.7. The van der Waals surface area contributed by atoms with E-state index in [0.717, 1.165) is 25.4 Å². The molecule has 1 fully saturated rings. The molecule has 1 unspecified atom stereocenters. The Morgan fingerprint density at radius 1 is 1.26 bits per heavy atom. The number of nitrogens with zero attached hydrogens (tertiary/aromatic N) is 1. The van der Waals surface area contributed by atoms with Gasteiger partial charge in [0.2, 0.25) is 5.91 Å². The molecular weight excluding hydrogens is 316 g/mol. The maximum atomic E-state index is 12.2. The van der Waals surface area contributed by atoms with Crippen LogP contribution in [0.5, 0.6) is 5.75 Å². The lowest BCUT2D eigenvalue weighted by molar-refractivity contribution is -0.134. The van der Waals surface area contributed by atoms with Crippen LogP contribution >= 0.6 is 12.4 Å². The van der Waals surface area contributed by atoms with Crippen LogP contribution in [-0.2, 0) is 4.79 Å². The third-order valence-electron chi connectivity index (χ3n) is 4.03. The first-order valence-electron chi connectivity index (χ1n) is 7.79. The molecule has 0 aliphatic carbocycles. The van der Waals surface area contributed by atoms with Crippen LogP contribution in [0.15, 0.2) is 24.3 Å². The van der Waals surface area contributed by atoms with Gasteiger partial charge in [0.1, 0.15) is 5.75 Å². The second-order valence-corrected chi connectivity index (χ2v) is 5.65. The smallest absolute Gasteiger partial charge is 0.222 e. The van der Waals surface area contributed by atoms with E-state index in [1.54, 1.807) is 31.4 Å². The molecule has 1 N–H and O–H groups in total. The molecule has 0 bridgehead atoms. The Bertz CT molecular complexity index is 519. The second-order valence-electron chi connectivity index (χ2n) is 5.65. The number of nitrogens with one attached hydrogen (secondary N) is 1. The molecule has 1 aliphatic heterocycles. The van der Waals surface area contributed by atoms with Gasteiger partial charge in [-0.15, -0.1) is 12.4 Å². The van der Waals surface area contributed by atoms with E-state index >= 15 is 0 Å². The molecule has 6 heteroatoms. The summed E-state index contributed by atoms with van der Waals surface area (Å²) < 4.78 is 5.07. The van der Waals surface area contributed by atoms with Crippen molar-refractivity contribution in [3.05, 3.63) is 29.8 Å². The lowest BCUT2D eigenvalue weighted by Crippen LogP contribution is -2.52. The van der Waals surface area contributed by atoms with Crippen molar-refractivity contribution in [2.24, 2.45) is 0 Å². The van der Waals surface area contributed by atoms with Crippen molar-refractivity contribution in [3.63, 3.8) is 0 Å². The van der Waals surface area contributed by atoms with Gasteiger partial charge in [0.25, 0.3) is 0 Å². The SMILES string of the molecule is COc1ccc(C(=O)CCCC(=O)N2CCNCC2C)cc1.Cl. The Balaban J connectivity index is 0.00000264. The quantitative estimate of drug-likeness (QED) is 0.807. The maximum Gasteiger partial charge on any atom is 0.222 e. The Morgan fingerprint density at radius 2 is 1.96 bits per heavy atom. The molecule has 1 atom stereocenters. The van der Waals surface area contributed by atoms with Crippen LogP contribution in [0.25, 0.3) is 0 Å². The van der Waals surface area contributed by atoms with Crippen LogP contribution in [0, 0.1) is 0 Å². The molecule has 23 heavy (non-hydrogen) atoms. The van der Waals surface area contributed by atoms with E-state index in [-0.39, 0.29) is 30.1 Å². The number of halogens is 1.